The Morgan fingerprint density at radius 2 is 1.80 bits per heavy atom. The second-order valence-electron chi connectivity index (χ2n) is 5.30. The lowest BCUT2D eigenvalue weighted by Gasteiger charge is -2.16. The predicted octanol–water partition coefficient (Wildman–Crippen LogP) is 5.64. The third-order valence-corrected chi connectivity index (χ3v) is 6.10. The van der Waals surface area contributed by atoms with E-state index < -0.39 is 0 Å². The SMILES string of the molecule is CCC(C)c1ccc(C(NC)c2cc(C)c(Br)s2)cc1. The fourth-order valence-electron chi connectivity index (χ4n) is 2.35. The van der Waals surface area contributed by atoms with Crippen molar-refractivity contribution < 1.29 is 0 Å². The van der Waals surface area contributed by atoms with E-state index in [2.05, 4.69) is 72.3 Å². The van der Waals surface area contributed by atoms with Crippen molar-refractivity contribution in [3.05, 3.63) is 55.7 Å². The maximum atomic E-state index is 3.62. The van der Waals surface area contributed by atoms with Crippen molar-refractivity contribution in [2.24, 2.45) is 0 Å². The summed E-state index contributed by atoms with van der Waals surface area (Å²) in [6.07, 6.45) is 1.19. The Labute approximate surface area is 134 Å². The summed E-state index contributed by atoms with van der Waals surface area (Å²) in [4.78, 5) is 1.35. The summed E-state index contributed by atoms with van der Waals surface area (Å²) < 4.78 is 1.23. The minimum absolute atomic E-state index is 0.274. The van der Waals surface area contributed by atoms with E-state index in [-0.39, 0.29) is 6.04 Å². The van der Waals surface area contributed by atoms with Gasteiger partial charge in [-0.05, 0) is 65.0 Å². The Bertz CT molecular complexity index is 539. The molecule has 0 radical (unpaired) electrons. The Kier molecular flexibility index (Phi) is 5.42. The quantitative estimate of drug-likeness (QED) is 0.734. The van der Waals surface area contributed by atoms with Crippen LogP contribution >= 0.6 is 27.3 Å². The van der Waals surface area contributed by atoms with Crippen LogP contribution in [0.3, 0.4) is 0 Å². The number of aryl methyl sites for hydroxylation is 1. The number of nitrogens with one attached hydrogen (secondary N) is 1. The van der Waals surface area contributed by atoms with Gasteiger partial charge in [0.2, 0.25) is 0 Å². The molecule has 0 aliphatic carbocycles. The van der Waals surface area contributed by atoms with E-state index in [1.165, 1.54) is 31.8 Å². The van der Waals surface area contributed by atoms with Crippen LogP contribution in [-0.2, 0) is 0 Å². The summed E-state index contributed by atoms with van der Waals surface area (Å²) in [6, 6.07) is 11.6. The summed E-state index contributed by atoms with van der Waals surface area (Å²) in [5.41, 5.74) is 4.06. The Morgan fingerprint density at radius 3 is 2.25 bits per heavy atom. The topological polar surface area (TPSA) is 12.0 Å². The Hall–Kier alpha value is -0.640. The zero-order valence-electron chi connectivity index (χ0n) is 12.5. The molecule has 2 rings (SSSR count). The molecule has 0 spiro atoms. The van der Waals surface area contributed by atoms with Crippen molar-refractivity contribution in [1.29, 1.82) is 0 Å². The van der Waals surface area contributed by atoms with Crippen molar-refractivity contribution in [3.63, 3.8) is 0 Å². The molecule has 0 saturated carbocycles. The largest absolute Gasteiger partial charge is 0.309 e. The van der Waals surface area contributed by atoms with E-state index in [9.17, 15) is 0 Å². The minimum atomic E-state index is 0.274. The number of hydrogen-bond acceptors (Lipinski definition) is 2. The molecule has 0 saturated heterocycles. The number of benzene rings is 1. The molecule has 0 aliphatic heterocycles. The molecule has 1 N–H and O–H groups in total. The molecule has 0 aliphatic rings. The first kappa shape index (κ1) is 15.7. The van der Waals surface area contributed by atoms with Crippen LogP contribution in [0.1, 0.15) is 53.8 Å². The van der Waals surface area contributed by atoms with E-state index in [1.54, 1.807) is 0 Å². The van der Waals surface area contributed by atoms with Crippen LogP contribution in [0.15, 0.2) is 34.1 Å². The lowest BCUT2D eigenvalue weighted by Crippen LogP contribution is -2.16. The van der Waals surface area contributed by atoms with Gasteiger partial charge in [0.25, 0.3) is 0 Å². The highest BCUT2D eigenvalue weighted by Gasteiger charge is 2.16. The van der Waals surface area contributed by atoms with Crippen LogP contribution in [0.5, 0.6) is 0 Å². The normalized spacial score (nSPS) is 14.2. The lowest BCUT2D eigenvalue weighted by atomic mass is 9.95. The van der Waals surface area contributed by atoms with Gasteiger partial charge in [-0.1, -0.05) is 38.1 Å². The monoisotopic (exact) mass is 351 g/mol. The first-order valence-corrected chi connectivity index (χ1v) is 8.70. The predicted molar refractivity (Wildman–Crippen MR) is 92.8 cm³/mol. The summed E-state index contributed by atoms with van der Waals surface area (Å²) >= 11 is 5.43. The fraction of sp³-hybridized carbons (Fsp3) is 0.412. The van der Waals surface area contributed by atoms with Crippen LogP contribution in [-0.4, -0.2) is 7.05 Å². The zero-order chi connectivity index (χ0) is 14.7. The third-order valence-electron chi connectivity index (χ3n) is 3.90. The highest BCUT2D eigenvalue weighted by atomic mass is 79.9. The Morgan fingerprint density at radius 1 is 1.20 bits per heavy atom. The van der Waals surface area contributed by atoms with Crippen LogP contribution < -0.4 is 5.32 Å². The lowest BCUT2D eigenvalue weighted by molar-refractivity contribution is 0.699. The zero-order valence-corrected chi connectivity index (χ0v) is 14.9. The van der Waals surface area contributed by atoms with Gasteiger partial charge >= 0.3 is 0 Å². The molecule has 0 bridgehead atoms. The summed E-state index contributed by atoms with van der Waals surface area (Å²) in [5.74, 6) is 0.634. The second-order valence-corrected chi connectivity index (χ2v) is 7.70. The van der Waals surface area contributed by atoms with Crippen LogP contribution in [0.2, 0.25) is 0 Å². The van der Waals surface area contributed by atoms with Gasteiger partial charge < -0.3 is 5.32 Å². The first-order chi connectivity index (χ1) is 9.56. The van der Waals surface area contributed by atoms with E-state index in [0.29, 0.717) is 5.92 Å². The third kappa shape index (κ3) is 3.33. The summed E-state index contributed by atoms with van der Waals surface area (Å²) in [6.45, 7) is 6.66. The number of hydrogen-bond donors (Lipinski definition) is 1. The number of rotatable bonds is 5. The standard InChI is InChI=1S/C17H22BrNS/c1-5-11(2)13-6-8-14(9-7-13)16(19-4)15-10-12(3)17(18)20-15/h6-11,16,19H,5H2,1-4H3. The van der Waals surface area contributed by atoms with Crippen LogP contribution in [0.25, 0.3) is 0 Å². The van der Waals surface area contributed by atoms with Crippen molar-refractivity contribution >= 4 is 27.3 Å². The van der Waals surface area contributed by atoms with E-state index in [1.807, 2.05) is 18.4 Å². The van der Waals surface area contributed by atoms with Gasteiger partial charge in [-0.2, -0.15) is 0 Å². The van der Waals surface area contributed by atoms with Gasteiger partial charge in [0.15, 0.2) is 0 Å². The number of halogens is 1. The van der Waals surface area contributed by atoms with Gasteiger partial charge in [0.05, 0.1) is 9.83 Å². The smallest absolute Gasteiger partial charge is 0.0731 e. The second kappa shape index (κ2) is 6.88. The van der Waals surface area contributed by atoms with Crippen molar-refractivity contribution in [2.75, 3.05) is 7.05 Å². The molecule has 3 heteroatoms. The summed E-state index contributed by atoms with van der Waals surface area (Å²) in [5, 5.41) is 3.43. The van der Waals surface area contributed by atoms with E-state index >= 15 is 0 Å². The molecule has 1 aromatic heterocycles. The molecule has 1 aromatic carbocycles. The van der Waals surface area contributed by atoms with Gasteiger partial charge in [-0.3, -0.25) is 0 Å². The molecule has 20 heavy (non-hydrogen) atoms. The molecular formula is C17H22BrNS. The van der Waals surface area contributed by atoms with Gasteiger partial charge in [-0.25, -0.2) is 0 Å². The molecule has 1 nitrogen and oxygen atoms in total. The molecular weight excluding hydrogens is 330 g/mol. The van der Waals surface area contributed by atoms with E-state index in [0.717, 1.165) is 0 Å². The van der Waals surface area contributed by atoms with Crippen molar-refractivity contribution in [3.8, 4) is 0 Å². The van der Waals surface area contributed by atoms with Crippen LogP contribution in [0, 0.1) is 6.92 Å². The molecule has 2 aromatic rings. The first-order valence-electron chi connectivity index (χ1n) is 7.09. The Balaban J connectivity index is 2.28. The highest BCUT2D eigenvalue weighted by Crippen LogP contribution is 2.34. The maximum absolute atomic E-state index is 3.62. The van der Waals surface area contributed by atoms with Gasteiger partial charge in [-0.15, -0.1) is 11.3 Å². The molecule has 2 atom stereocenters. The molecule has 2 unspecified atom stereocenters. The average Bonchev–Trinajstić information content (AvgIpc) is 2.79. The van der Waals surface area contributed by atoms with Gasteiger partial charge in [0.1, 0.15) is 0 Å². The number of thiophene rings is 1. The van der Waals surface area contributed by atoms with Crippen molar-refractivity contribution in [2.45, 2.75) is 39.2 Å². The molecule has 0 amide bonds. The maximum Gasteiger partial charge on any atom is 0.0731 e. The van der Waals surface area contributed by atoms with E-state index in [4.69, 9.17) is 0 Å². The fourth-order valence-corrected chi connectivity index (χ4v) is 4.06. The highest BCUT2D eigenvalue weighted by molar-refractivity contribution is 9.11. The average molecular weight is 352 g/mol. The summed E-state index contributed by atoms with van der Waals surface area (Å²) in [7, 11) is 2.02. The molecule has 1 heterocycles. The van der Waals surface area contributed by atoms with Gasteiger partial charge in [0, 0.05) is 4.88 Å². The van der Waals surface area contributed by atoms with Crippen LogP contribution in [0.4, 0.5) is 0 Å². The van der Waals surface area contributed by atoms with Crippen molar-refractivity contribution in [1.82, 2.24) is 5.32 Å². The minimum Gasteiger partial charge on any atom is -0.309 e. The molecule has 0 fully saturated rings. The molecule has 108 valence electrons.